The van der Waals surface area contributed by atoms with Crippen molar-refractivity contribution in [3.63, 3.8) is 0 Å². The molecule has 3 amide bonds. The molecule has 5 nitrogen and oxygen atoms in total. The lowest BCUT2D eigenvalue weighted by Crippen LogP contribution is -2.41. The van der Waals surface area contributed by atoms with Gasteiger partial charge in [-0.2, -0.15) is 0 Å². The highest BCUT2D eigenvalue weighted by Crippen LogP contribution is 2.18. The predicted molar refractivity (Wildman–Crippen MR) is 70.5 cm³/mol. The van der Waals surface area contributed by atoms with Gasteiger partial charge in [0.15, 0.2) is 0 Å². The van der Waals surface area contributed by atoms with Crippen molar-refractivity contribution in [3.8, 4) is 0 Å². The van der Waals surface area contributed by atoms with E-state index in [0.29, 0.717) is 17.4 Å². The van der Waals surface area contributed by atoms with E-state index in [4.69, 9.17) is 0 Å². The standard InChI is InChI=1S/C13H17N3O2/c1-9(17)14-11-5-7-12(8-6-11)16-13(18)15-10-3-2-4-10/h5-8,10H,2-4H2,1H3,(H,14,17)(H2,15,16,18). The molecule has 0 atom stereocenters. The Balaban J connectivity index is 1.85. The van der Waals surface area contributed by atoms with Gasteiger partial charge in [-0.25, -0.2) is 4.79 Å². The summed E-state index contributed by atoms with van der Waals surface area (Å²) in [5.41, 5.74) is 1.42. The van der Waals surface area contributed by atoms with Gasteiger partial charge in [0.25, 0.3) is 0 Å². The van der Waals surface area contributed by atoms with E-state index < -0.39 is 0 Å². The molecular formula is C13H17N3O2. The van der Waals surface area contributed by atoms with Crippen molar-refractivity contribution in [2.24, 2.45) is 0 Å². The van der Waals surface area contributed by atoms with Crippen molar-refractivity contribution in [1.29, 1.82) is 0 Å². The Kier molecular flexibility index (Phi) is 3.82. The van der Waals surface area contributed by atoms with Gasteiger partial charge in [0.05, 0.1) is 0 Å². The number of carbonyl (C=O) groups excluding carboxylic acids is 2. The van der Waals surface area contributed by atoms with Crippen LogP contribution in [0.25, 0.3) is 0 Å². The molecule has 0 aromatic heterocycles. The molecule has 0 unspecified atom stereocenters. The van der Waals surface area contributed by atoms with Crippen LogP contribution in [0.15, 0.2) is 24.3 Å². The van der Waals surface area contributed by atoms with Gasteiger partial charge in [-0.1, -0.05) is 0 Å². The van der Waals surface area contributed by atoms with E-state index in [1.165, 1.54) is 13.3 Å². The number of urea groups is 1. The zero-order chi connectivity index (χ0) is 13.0. The van der Waals surface area contributed by atoms with E-state index in [1.54, 1.807) is 24.3 Å². The van der Waals surface area contributed by atoms with Crippen LogP contribution in [-0.2, 0) is 4.79 Å². The second kappa shape index (κ2) is 5.53. The Morgan fingerprint density at radius 1 is 1.06 bits per heavy atom. The summed E-state index contributed by atoms with van der Waals surface area (Å²) in [6.45, 7) is 1.46. The van der Waals surface area contributed by atoms with Crippen LogP contribution in [0.2, 0.25) is 0 Å². The molecule has 3 N–H and O–H groups in total. The van der Waals surface area contributed by atoms with Gasteiger partial charge in [-0.3, -0.25) is 4.79 Å². The van der Waals surface area contributed by atoms with Crippen LogP contribution < -0.4 is 16.0 Å². The normalized spacial score (nSPS) is 14.5. The molecule has 0 bridgehead atoms. The summed E-state index contributed by atoms with van der Waals surface area (Å²) in [6.07, 6.45) is 3.32. The molecule has 0 saturated heterocycles. The predicted octanol–water partition coefficient (Wildman–Crippen LogP) is 2.32. The van der Waals surface area contributed by atoms with Crippen LogP contribution in [0.5, 0.6) is 0 Å². The minimum Gasteiger partial charge on any atom is -0.335 e. The fourth-order valence-corrected chi connectivity index (χ4v) is 1.75. The first-order valence-corrected chi connectivity index (χ1v) is 6.08. The van der Waals surface area contributed by atoms with Gasteiger partial charge < -0.3 is 16.0 Å². The largest absolute Gasteiger partial charge is 0.335 e. The molecule has 1 saturated carbocycles. The molecule has 0 radical (unpaired) electrons. The molecule has 1 fully saturated rings. The van der Waals surface area contributed by atoms with E-state index in [1.807, 2.05) is 0 Å². The van der Waals surface area contributed by atoms with Crippen LogP contribution in [0.3, 0.4) is 0 Å². The van der Waals surface area contributed by atoms with Gasteiger partial charge in [0, 0.05) is 24.3 Å². The molecule has 18 heavy (non-hydrogen) atoms. The van der Waals surface area contributed by atoms with Gasteiger partial charge in [-0.15, -0.1) is 0 Å². The highest BCUT2D eigenvalue weighted by atomic mass is 16.2. The third-order valence-corrected chi connectivity index (χ3v) is 2.90. The van der Waals surface area contributed by atoms with Crippen LogP contribution in [0.4, 0.5) is 16.2 Å². The first-order chi connectivity index (χ1) is 8.63. The number of amides is 3. The maximum atomic E-state index is 11.6. The monoisotopic (exact) mass is 247 g/mol. The van der Waals surface area contributed by atoms with Crippen molar-refractivity contribution >= 4 is 23.3 Å². The topological polar surface area (TPSA) is 70.2 Å². The van der Waals surface area contributed by atoms with E-state index in [9.17, 15) is 9.59 Å². The molecule has 0 aliphatic heterocycles. The molecule has 1 aromatic carbocycles. The third kappa shape index (κ3) is 3.48. The summed E-state index contributed by atoms with van der Waals surface area (Å²) in [4.78, 5) is 22.4. The number of hydrogen-bond donors (Lipinski definition) is 3. The first-order valence-electron chi connectivity index (χ1n) is 6.08. The summed E-state index contributed by atoms with van der Waals surface area (Å²) in [7, 11) is 0. The van der Waals surface area contributed by atoms with Gasteiger partial charge in [-0.05, 0) is 43.5 Å². The lowest BCUT2D eigenvalue weighted by Gasteiger charge is -2.26. The highest BCUT2D eigenvalue weighted by Gasteiger charge is 2.19. The lowest BCUT2D eigenvalue weighted by atomic mass is 9.93. The SMILES string of the molecule is CC(=O)Nc1ccc(NC(=O)NC2CCC2)cc1. The molecule has 1 aliphatic rings. The van der Waals surface area contributed by atoms with Crippen molar-refractivity contribution < 1.29 is 9.59 Å². The van der Waals surface area contributed by atoms with Crippen LogP contribution >= 0.6 is 0 Å². The number of rotatable bonds is 3. The molecule has 0 spiro atoms. The van der Waals surface area contributed by atoms with Crippen LogP contribution in [0, 0.1) is 0 Å². The van der Waals surface area contributed by atoms with E-state index in [2.05, 4.69) is 16.0 Å². The quantitative estimate of drug-likeness (QED) is 0.767. The second-order valence-electron chi connectivity index (χ2n) is 4.48. The average Bonchev–Trinajstić information content (AvgIpc) is 2.26. The smallest absolute Gasteiger partial charge is 0.319 e. The Hall–Kier alpha value is -2.04. The van der Waals surface area contributed by atoms with E-state index >= 15 is 0 Å². The summed E-state index contributed by atoms with van der Waals surface area (Å²) in [5, 5.41) is 8.32. The van der Waals surface area contributed by atoms with E-state index in [-0.39, 0.29) is 11.9 Å². The Labute approximate surface area is 106 Å². The Morgan fingerprint density at radius 2 is 1.61 bits per heavy atom. The zero-order valence-corrected chi connectivity index (χ0v) is 10.3. The Bertz CT molecular complexity index is 438. The average molecular weight is 247 g/mol. The number of hydrogen-bond acceptors (Lipinski definition) is 2. The molecule has 96 valence electrons. The van der Waals surface area contributed by atoms with E-state index in [0.717, 1.165) is 12.8 Å². The number of carbonyl (C=O) groups is 2. The minimum atomic E-state index is -0.174. The number of anilines is 2. The van der Waals surface area contributed by atoms with Gasteiger partial charge >= 0.3 is 6.03 Å². The second-order valence-corrected chi connectivity index (χ2v) is 4.48. The third-order valence-electron chi connectivity index (χ3n) is 2.90. The van der Waals surface area contributed by atoms with Crippen molar-refractivity contribution in [3.05, 3.63) is 24.3 Å². The molecule has 5 heteroatoms. The highest BCUT2D eigenvalue weighted by molar-refractivity contribution is 5.91. The summed E-state index contributed by atoms with van der Waals surface area (Å²) in [5.74, 6) is -0.113. The van der Waals surface area contributed by atoms with Gasteiger partial charge in [0.1, 0.15) is 0 Å². The van der Waals surface area contributed by atoms with Crippen LogP contribution in [0.1, 0.15) is 26.2 Å². The fraction of sp³-hybridized carbons (Fsp3) is 0.385. The molecular weight excluding hydrogens is 230 g/mol. The van der Waals surface area contributed by atoms with Crippen molar-refractivity contribution in [2.75, 3.05) is 10.6 Å². The fourth-order valence-electron chi connectivity index (χ4n) is 1.75. The minimum absolute atomic E-state index is 0.113. The Morgan fingerprint density at radius 3 is 2.06 bits per heavy atom. The zero-order valence-electron chi connectivity index (χ0n) is 10.3. The maximum Gasteiger partial charge on any atom is 0.319 e. The summed E-state index contributed by atoms with van der Waals surface area (Å²) in [6, 6.07) is 7.16. The maximum absolute atomic E-state index is 11.6. The molecule has 1 aromatic rings. The number of nitrogens with one attached hydrogen (secondary N) is 3. The van der Waals surface area contributed by atoms with Crippen molar-refractivity contribution in [2.45, 2.75) is 32.2 Å². The van der Waals surface area contributed by atoms with Crippen molar-refractivity contribution in [1.82, 2.24) is 5.32 Å². The van der Waals surface area contributed by atoms with Crippen LogP contribution in [-0.4, -0.2) is 18.0 Å². The molecule has 1 aliphatic carbocycles. The lowest BCUT2D eigenvalue weighted by molar-refractivity contribution is -0.114. The summed E-state index contributed by atoms with van der Waals surface area (Å²) < 4.78 is 0. The number of benzene rings is 1. The molecule has 2 rings (SSSR count). The first kappa shape index (κ1) is 12.4. The summed E-state index contributed by atoms with van der Waals surface area (Å²) >= 11 is 0. The molecule has 0 heterocycles. The van der Waals surface area contributed by atoms with Gasteiger partial charge in [0.2, 0.25) is 5.91 Å².